The molecule has 0 saturated carbocycles. The topological polar surface area (TPSA) is 29.5 Å². The third-order valence-electron chi connectivity index (χ3n) is 3.54. The summed E-state index contributed by atoms with van der Waals surface area (Å²) in [5.41, 5.74) is 1.22. The molecule has 0 amide bonds. The lowest BCUT2D eigenvalue weighted by Gasteiger charge is -2.16. The van der Waals surface area contributed by atoms with Gasteiger partial charge in [0, 0.05) is 18.1 Å². The van der Waals surface area contributed by atoms with Crippen LogP contribution in [0.25, 0.3) is 0 Å². The SMILES string of the molecule is COC(=O)[C@H]1CN(C)CC1Cc1ccc(Cl)cc1. The number of halogens is 1. The Bertz CT molecular complexity index is 418. The molecule has 1 aromatic rings. The van der Waals surface area contributed by atoms with Crippen LogP contribution in [0.1, 0.15) is 5.56 Å². The zero-order valence-corrected chi connectivity index (χ0v) is 11.5. The molecule has 1 aliphatic rings. The summed E-state index contributed by atoms with van der Waals surface area (Å²) in [6.07, 6.45) is 0.890. The minimum absolute atomic E-state index is 0.0179. The molecule has 2 rings (SSSR count). The molecule has 1 aliphatic heterocycles. The smallest absolute Gasteiger partial charge is 0.310 e. The molecule has 1 aromatic carbocycles. The van der Waals surface area contributed by atoms with Crippen molar-refractivity contribution in [3.8, 4) is 0 Å². The summed E-state index contributed by atoms with van der Waals surface area (Å²) >= 11 is 5.87. The first-order valence-electron chi connectivity index (χ1n) is 6.11. The van der Waals surface area contributed by atoms with Gasteiger partial charge in [-0.1, -0.05) is 23.7 Å². The number of rotatable bonds is 3. The molecule has 0 bridgehead atoms. The average Bonchev–Trinajstić information content (AvgIpc) is 2.72. The third-order valence-corrected chi connectivity index (χ3v) is 3.79. The van der Waals surface area contributed by atoms with E-state index in [4.69, 9.17) is 16.3 Å². The lowest BCUT2D eigenvalue weighted by Crippen LogP contribution is -2.25. The fourth-order valence-electron chi connectivity index (χ4n) is 2.64. The van der Waals surface area contributed by atoms with E-state index in [1.165, 1.54) is 12.7 Å². The van der Waals surface area contributed by atoms with Gasteiger partial charge in [-0.25, -0.2) is 0 Å². The van der Waals surface area contributed by atoms with Gasteiger partial charge in [0.1, 0.15) is 0 Å². The number of esters is 1. The predicted octanol–water partition coefficient (Wildman–Crippen LogP) is 2.23. The number of likely N-dealkylation sites (tertiary alicyclic amines) is 1. The number of hydrogen-bond donors (Lipinski definition) is 0. The van der Waals surface area contributed by atoms with Crippen molar-refractivity contribution in [2.75, 3.05) is 27.2 Å². The minimum atomic E-state index is -0.0988. The van der Waals surface area contributed by atoms with Crippen LogP contribution in [0.4, 0.5) is 0 Å². The van der Waals surface area contributed by atoms with Crippen molar-refractivity contribution in [1.29, 1.82) is 0 Å². The van der Waals surface area contributed by atoms with Crippen molar-refractivity contribution >= 4 is 17.6 Å². The summed E-state index contributed by atoms with van der Waals surface area (Å²) in [6, 6.07) is 7.83. The highest BCUT2D eigenvalue weighted by molar-refractivity contribution is 6.30. The van der Waals surface area contributed by atoms with Gasteiger partial charge in [-0.15, -0.1) is 0 Å². The second kappa shape index (κ2) is 5.72. The number of carbonyl (C=O) groups is 1. The number of benzene rings is 1. The molecule has 98 valence electrons. The van der Waals surface area contributed by atoms with E-state index in [0.29, 0.717) is 5.92 Å². The van der Waals surface area contributed by atoms with Gasteiger partial charge in [0.15, 0.2) is 0 Å². The second-order valence-corrected chi connectivity index (χ2v) is 5.38. The molecule has 0 radical (unpaired) electrons. The highest BCUT2D eigenvalue weighted by Crippen LogP contribution is 2.27. The van der Waals surface area contributed by atoms with Crippen LogP contribution in [0.5, 0.6) is 0 Å². The molecule has 3 nitrogen and oxygen atoms in total. The fourth-order valence-corrected chi connectivity index (χ4v) is 2.76. The molecule has 2 atom stereocenters. The Balaban J connectivity index is 2.07. The lowest BCUT2D eigenvalue weighted by molar-refractivity contribution is -0.146. The van der Waals surface area contributed by atoms with Gasteiger partial charge >= 0.3 is 5.97 Å². The van der Waals surface area contributed by atoms with E-state index in [-0.39, 0.29) is 11.9 Å². The standard InChI is InChI=1S/C14H18ClNO2/c1-16-8-11(13(9-16)14(17)18-2)7-10-3-5-12(15)6-4-10/h3-6,11,13H,7-9H2,1-2H3/t11?,13-/m0/s1. The molecule has 1 heterocycles. The van der Waals surface area contributed by atoms with Gasteiger partial charge in [-0.2, -0.15) is 0 Å². The van der Waals surface area contributed by atoms with Crippen LogP contribution in [0.2, 0.25) is 5.02 Å². The molecular weight excluding hydrogens is 250 g/mol. The van der Waals surface area contributed by atoms with E-state index < -0.39 is 0 Å². The zero-order valence-electron chi connectivity index (χ0n) is 10.7. The van der Waals surface area contributed by atoms with Crippen LogP contribution in [-0.4, -0.2) is 38.1 Å². The van der Waals surface area contributed by atoms with E-state index in [1.807, 2.05) is 31.3 Å². The highest BCUT2D eigenvalue weighted by atomic mass is 35.5. The van der Waals surface area contributed by atoms with Gasteiger partial charge < -0.3 is 9.64 Å². The lowest BCUT2D eigenvalue weighted by atomic mass is 9.90. The molecule has 0 spiro atoms. The number of ether oxygens (including phenoxy) is 1. The summed E-state index contributed by atoms with van der Waals surface area (Å²) in [5.74, 6) is 0.206. The van der Waals surface area contributed by atoms with Gasteiger partial charge in [-0.3, -0.25) is 4.79 Å². The van der Waals surface area contributed by atoms with E-state index in [1.54, 1.807) is 0 Å². The Hall–Kier alpha value is -1.06. The van der Waals surface area contributed by atoms with Crippen LogP contribution in [0, 0.1) is 11.8 Å². The number of carbonyl (C=O) groups excluding carboxylic acids is 1. The van der Waals surface area contributed by atoms with Crippen LogP contribution in [0.3, 0.4) is 0 Å². The largest absolute Gasteiger partial charge is 0.469 e. The molecule has 4 heteroatoms. The van der Waals surface area contributed by atoms with E-state index in [9.17, 15) is 4.79 Å². The van der Waals surface area contributed by atoms with Crippen molar-refractivity contribution in [1.82, 2.24) is 4.90 Å². The molecule has 1 fully saturated rings. The first-order valence-corrected chi connectivity index (χ1v) is 6.48. The summed E-state index contributed by atoms with van der Waals surface area (Å²) in [4.78, 5) is 13.9. The van der Waals surface area contributed by atoms with Crippen LogP contribution >= 0.6 is 11.6 Å². The number of methoxy groups -OCH3 is 1. The van der Waals surface area contributed by atoms with E-state index in [2.05, 4.69) is 4.90 Å². The minimum Gasteiger partial charge on any atom is -0.469 e. The molecule has 0 N–H and O–H groups in total. The third kappa shape index (κ3) is 3.03. The van der Waals surface area contributed by atoms with Gasteiger partial charge in [0.2, 0.25) is 0 Å². The first-order chi connectivity index (χ1) is 8.60. The molecule has 0 aromatic heterocycles. The zero-order chi connectivity index (χ0) is 13.1. The highest BCUT2D eigenvalue weighted by Gasteiger charge is 2.36. The molecular formula is C14H18ClNO2. The molecule has 18 heavy (non-hydrogen) atoms. The van der Waals surface area contributed by atoms with E-state index >= 15 is 0 Å². The first kappa shape index (κ1) is 13.4. The maximum Gasteiger partial charge on any atom is 0.310 e. The summed E-state index contributed by atoms with van der Waals surface area (Å²) < 4.78 is 4.88. The Kier molecular flexibility index (Phi) is 4.25. The van der Waals surface area contributed by atoms with Crippen molar-refractivity contribution in [2.24, 2.45) is 11.8 Å². The average molecular weight is 268 g/mol. The summed E-state index contributed by atoms with van der Waals surface area (Å²) in [7, 11) is 3.50. The Morgan fingerprint density at radius 1 is 1.39 bits per heavy atom. The number of nitrogens with zero attached hydrogens (tertiary/aromatic N) is 1. The van der Waals surface area contributed by atoms with Crippen molar-refractivity contribution < 1.29 is 9.53 Å². The second-order valence-electron chi connectivity index (χ2n) is 4.94. The Morgan fingerprint density at radius 3 is 2.67 bits per heavy atom. The van der Waals surface area contributed by atoms with Crippen LogP contribution in [0.15, 0.2) is 24.3 Å². The maximum atomic E-state index is 11.7. The molecule has 1 unspecified atom stereocenters. The molecule has 0 aliphatic carbocycles. The quantitative estimate of drug-likeness (QED) is 0.787. The maximum absolute atomic E-state index is 11.7. The van der Waals surface area contributed by atoms with Crippen molar-refractivity contribution in [3.63, 3.8) is 0 Å². The van der Waals surface area contributed by atoms with Gasteiger partial charge in [-0.05, 0) is 37.1 Å². The monoisotopic (exact) mass is 267 g/mol. The van der Waals surface area contributed by atoms with Gasteiger partial charge in [0.05, 0.1) is 13.0 Å². The van der Waals surface area contributed by atoms with Gasteiger partial charge in [0.25, 0.3) is 0 Å². The normalized spacial score (nSPS) is 24.2. The van der Waals surface area contributed by atoms with Crippen molar-refractivity contribution in [2.45, 2.75) is 6.42 Å². The predicted molar refractivity (Wildman–Crippen MR) is 71.6 cm³/mol. The van der Waals surface area contributed by atoms with Crippen molar-refractivity contribution in [3.05, 3.63) is 34.9 Å². The fraction of sp³-hybridized carbons (Fsp3) is 0.500. The molecule has 1 saturated heterocycles. The van der Waals surface area contributed by atoms with Crippen LogP contribution < -0.4 is 0 Å². The number of hydrogen-bond acceptors (Lipinski definition) is 3. The Morgan fingerprint density at radius 2 is 2.06 bits per heavy atom. The van der Waals surface area contributed by atoms with Crippen LogP contribution in [-0.2, 0) is 16.0 Å². The Labute approximate surface area is 113 Å². The summed E-state index contributed by atoms with van der Waals surface area (Å²) in [6.45, 7) is 1.72. The van der Waals surface area contributed by atoms with E-state index in [0.717, 1.165) is 24.5 Å². The summed E-state index contributed by atoms with van der Waals surface area (Å²) in [5, 5.41) is 0.742.